The van der Waals surface area contributed by atoms with Crippen LogP contribution in [0.3, 0.4) is 0 Å². The number of phenolic OH excluding ortho intramolecular Hbond substituents is 6. The summed E-state index contributed by atoms with van der Waals surface area (Å²) in [5, 5.41) is 65.2. The van der Waals surface area contributed by atoms with Crippen molar-refractivity contribution in [1.82, 2.24) is 0 Å². The minimum absolute atomic E-state index is 0.187. The Bertz CT molecular complexity index is 2590. The Kier molecular flexibility index (Phi) is 14.1. The number of benzene rings is 6. The van der Waals surface area contributed by atoms with Crippen molar-refractivity contribution in [2.75, 3.05) is 0 Å². The lowest BCUT2D eigenvalue weighted by atomic mass is 9.99. The second kappa shape index (κ2) is 20.0. The van der Waals surface area contributed by atoms with Gasteiger partial charge in [0.1, 0.15) is 67.9 Å². The third-order valence-electron chi connectivity index (χ3n) is 9.56. The zero-order valence-corrected chi connectivity index (χ0v) is 34.4. The zero-order chi connectivity index (χ0) is 47.6. The molecule has 0 aromatic heterocycles. The van der Waals surface area contributed by atoms with E-state index in [-0.39, 0.29) is 6.42 Å². The van der Waals surface area contributed by atoms with Crippen LogP contribution in [0.1, 0.15) is 81.9 Å². The molecule has 0 spiro atoms. The zero-order valence-electron chi connectivity index (χ0n) is 34.4. The molecule has 0 saturated heterocycles. The number of phenols is 6. The Morgan fingerprint density at radius 1 is 0.379 bits per heavy atom. The molecule has 0 aliphatic heterocycles. The van der Waals surface area contributed by atoms with Crippen LogP contribution in [0.4, 0.5) is 0 Å². The van der Waals surface area contributed by atoms with Gasteiger partial charge < -0.3 is 59.1 Å². The summed E-state index contributed by atoms with van der Waals surface area (Å²) in [4.78, 5) is 87.5. The van der Waals surface area contributed by atoms with Gasteiger partial charge in [0.05, 0.1) is 0 Å². The summed E-state index contributed by atoms with van der Waals surface area (Å²) in [6.07, 6.45) is -3.45. The van der Waals surface area contributed by atoms with E-state index in [9.17, 15) is 59.4 Å². The lowest BCUT2D eigenvalue weighted by molar-refractivity contribution is -0.443. The van der Waals surface area contributed by atoms with Gasteiger partial charge >= 0.3 is 47.6 Å². The van der Waals surface area contributed by atoms with E-state index in [0.29, 0.717) is 0 Å². The Balaban J connectivity index is 1.78. The maximum Gasteiger partial charge on any atom is 0.511 e. The molecule has 0 bridgehead atoms. The average molecular weight is 903 g/mol. The van der Waals surface area contributed by atoms with E-state index in [4.69, 9.17) is 28.4 Å². The fourth-order valence-electron chi connectivity index (χ4n) is 6.33. The summed E-state index contributed by atoms with van der Waals surface area (Å²) in [6, 6.07) is 27.5. The molecule has 6 aromatic rings. The minimum atomic E-state index is -4.34. The number of carbonyl (C=O) groups excluding carboxylic acids is 6. The van der Waals surface area contributed by atoms with Crippen LogP contribution >= 0.6 is 0 Å². The summed E-state index contributed by atoms with van der Waals surface area (Å²) >= 11 is 0. The predicted molar refractivity (Wildman–Crippen MR) is 225 cm³/mol. The first-order valence-corrected chi connectivity index (χ1v) is 19.7. The summed E-state index contributed by atoms with van der Waals surface area (Å²) in [5.74, 6) is -23.5. The van der Waals surface area contributed by atoms with Gasteiger partial charge in [-0.1, -0.05) is 86.1 Å². The molecule has 338 valence electrons. The van der Waals surface area contributed by atoms with E-state index in [1.165, 1.54) is 79.7 Å². The van der Waals surface area contributed by atoms with Crippen molar-refractivity contribution in [1.29, 1.82) is 0 Å². The molecule has 6 aromatic carbocycles. The molecule has 0 heterocycles. The van der Waals surface area contributed by atoms with E-state index in [1.54, 1.807) is 0 Å². The number of esters is 6. The highest BCUT2D eigenvalue weighted by atomic mass is 16.9. The van der Waals surface area contributed by atoms with Gasteiger partial charge in [0.15, 0.2) is 6.10 Å². The van der Waals surface area contributed by atoms with E-state index < -0.39 is 128 Å². The molecule has 1 unspecified atom stereocenters. The van der Waals surface area contributed by atoms with Gasteiger partial charge in [-0.25, -0.2) is 28.8 Å². The van der Waals surface area contributed by atoms with E-state index in [1.807, 2.05) is 0 Å². The molecule has 0 saturated carbocycles. The van der Waals surface area contributed by atoms with Gasteiger partial charge in [0.2, 0.25) is 0 Å². The van der Waals surface area contributed by atoms with Crippen molar-refractivity contribution >= 4 is 35.8 Å². The molecule has 66 heavy (non-hydrogen) atoms. The van der Waals surface area contributed by atoms with Crippen molar-refractivity contribution in [2.45, 2.75) is 37.6 Å². The molecular formula is C48H38O18. The predicted octanol–water partition coefficient (Wildman–Crippen LogP) is 6.88. The average Bonchev–Trinajstić information content (AvgIpc) is 3.29. The quantitative estimate of drug-likeness (QED) is 0.0328. The van der Waals surface area contributed by atoms with Crippen LogP contribution in [0.25, 0.3) is 0 Å². The molecule has 0 fully saturated rings. The third-order valence-corrected chi connectivity index (χ3v) is 9.56. The summed E-state index contributed by atoms with van der Waals surface area (Å²) in [6.45, 7) is 1.46. The fraction of sp³-hybridized carbons (Fsp3) is 0.125. The maximum atomic E-state index is 14.7. The van der Waals surface area contributed by atoms with Gasteiger partial charge in [-0.2, -0.15) is 0 Å². The summed E-state index contributed by atoms with van der Waals surface area (Å²) < 4.78 is 35.4. The lowest BCUT2D eigenvalue weighted by Crippen LogP contribution is -2.71. The molecule has 6 N–H and O–H groups in total. The molecule has 0 amide bonds. The first-order chi connectivity index (χ1) is 31.6. The highest BCUT2D eigenvalue weighted by molar-refractivity contribution is 5.98. The monoisotopic (exact) mass is 902 g/mol. The Hall–Kier alpha value is -9.06. The molecule has 0 aliphatic carbocycles. The van der Waals surface area contributed by atoms with Gasteiger partial charge in [0.25, 0.3) is 0 Å². The number of aromatic hydroxyl groups is 6. The van der Waals surface area contributed by atoms with Gasteiger partial charge in [-0.3, -0.25) is 0 Å². The SMILES string of the molecule is CCCC(OC(=O)c1ccccc1O)C(OC(=O)c1ccccc1O)(OC(=O)c1ccccc1O)C(OC(=O)c1ccccc1O)(OC(=O)c1ccccc1O)OC(=O)c1ccccc1O. The molecule has 18 nitrogen and oxygen atoms in total. The first-order valence-electron chi connectivity index (χ1n) is 19.7. The van der Waals surface area contributed by atoms with Crippen LogP contribution in [0.2, 0.25) is 0 Å². The molecular weight excluding hydrogens is 865 g/mol. The molecule has 1 atom stereocenters. The van der Waals surface area contributed by atoms with Crippen molar-refractivity contribution in [3.63, 3.8) is 0 Å². The normalized spacial score (nSPS) is 11.6. The van der Waals surface area contributed by atoms with Gasteiger partial charge in [0, 0.05) is 0 Å². The Morgan fingerprint density at radius 2 is 0.606 bits per heavy atom. The standard InChI is InChI=1S/C48H38O18/c1-2-15-40(61-41(55)28-16-3-9-22-34(28)49)47(62-42(56)29-17-4-10-23-35(29)50,63-43(57)30-18-5-11-24-36(30)51)48(64-44(58)31-19-6-12-25-37(31)52,65-45(59)32-20-7-13-26-38(32)53)66-46(60)33-21-8-14-27-39(33)54/h3-14,16-27,40,49-54H,2,15H2,1H3. The minimum Gasteiger partial charge on any atom is -0.507 e. The second-order valence-electron chi connectivity index (χ2n) is 14.0. The van der Waals surface area contributed by atoms with E-state index >= 15 is 0 Å². The maximum absolute atomic E-state index is 14.7. The van der Waals surface area contributed by atoms with E-state index in [2.05, 4.69) is 0 Å². The number of rotatable bonds is 16. The van der Waals surface area contributed by atoms with Crippen LogP contribution in [0.15, 0.2) is 146 Å². The smallest absolute Gasteiger partial charge is 0.507 e. The summed E-state index contributed by atoms with van der Waals surface area (Å²) in [7, 11) is 0. The Morgan fingerprint density at radius 3 is 0.848 bits per heavy atom. The van der Waals surface area contributed by atoms with Crippen LogP contribution < -0.4 is 0 Å². The van der Waals surface area contributed by atoms with Crippen LogP contribution in [-0.2, 0) is 28.4 Å². The highest BCUT2D eigenvalue weighted by Crippen LogP contribution is 2.45. The third kappa shape index (κ3) is 9.77. The number of para-hydroxylation sites is 6. The van der Waals surface area contributed by atoms with E-state index in [0.717, 1.165) is 72.8 Å². The van der Waals surface area contributed by atoms with Crippen molar-refractivity contribution < 1.29 is 87.8 Å². The number of hydrogen-bond acceptors (Lipinski definition) is 18. The molecule has 6 rings (SSSR count). The van der Waals surface area contributed by atoms with Crippen LogP contribution in [-0.4, -0.2) is 84.3 Å². The Labute approximate surface area is 374 Å². The highest BCUT2D eigenvalue weighted by Gasteiger charge is 2.75. The lowest BCUT2D eigenvalue weighted by Gasteiger charge is -2.46. The largest absolute Gasteiger partial charge is 0.511 e. The van der Waals surface area contributed by atoms with Crippen LogP contribution in [0.5, 0.6) is 34.5 Å². The van der Waals surface area contributed by atoms with Crippen molar-refractivity contribution in [3.05, 3.63) is 179 Å². The van der Waals surface area contributed by atoms with Crippen molar-refractivity contribution in [3.8, 4) is 34.5 Å². The first kappa shape index (κ1) is 46.4. The van der Waals surface area contributed by atoms with Gasteiger partial charge in [-0.05, 0) is 79.2 Å². The number of carbonyl (C=O) groups is 6. The molecule has 18 heteroatoms. The molecule has 0 radical (unpaired) electrons. The van der Waals surface area contributed by atoms with Crippen LogP contribution in [0, 0.1) is 0 Å². The van der Waals surface area contributed by atoms with Gasteiger partial charge in [-0.15, -0.1) is 0 Å². The second-order valence-corrected chi connectivity index (χ2v) is 14.0. The molecule has 0 aliphatic rings. The summed E-state index contributed by atoms with van der Waals surface area (Å²) in [5.41, 5.74) is -4.38. The fourth-order valence-corrected chi connectivity index (χ4v) is 6.33. The topological polar surface area (TPSA) is 279 Å². The number of hydrogen-bond donors (Lipinski definition) is 6. The van der Waals surface area contributed by atoms with Crippen molar-refractivity contribution in [2.24, 2.45) is 0 Å². The number of ether oxygens (including phenoxy) is 6.